The van der Waals surface area contributed by atoms with E-state index in [0.717, 1.165) is 5.56 Å². The number of rotatable bonds is 7. The fourth-order valence-electron chi connectivity index (χ4n) is 2.14. The highest BCUT2D eigenvalue weighted by Crippen LogP contribution is 2.20. The van der Waals surface area contributed by atoms with Crippen molar-refractivity contribution < 1.29 is 23.4 Å². The van der Waals surface area contributed by atoms with E-state index in [9.17, 15) is 4.79 Å². The van der Waals surface area contributed by atoms with Crippen molar-refractivity contribution in [2.75, 3.05) is 20.3 Å². The van der Waals surface area contributed by atoms with Crippen LogP contribution in [0.1, 0.15) is 10.4 Å². The molecule has 0 radical (unpaired) electrons. The van der Waals surface area contributed by atoms with Crippen LogP contribution in [0.4, 0.5) is 0 Å². The van der Waals surface area contributed by atoms with E-state index in [1.165, 1.54) is 13.5 Å². The fraction of sp³-hybridized carbons (Fsp3) is 0.167. The topological polar surface area (TPSA) is 83.7 Å². The number of hydrogen-bond acceptors (Lipinski definition) is 7. The summed E-state index contributed by atoms with van der Waals surface area (Å²) in [5.74, 6) is 1.34. The summed E-state index contributed by atoms with van der Waals surface area (Å²) < 4.78 is 21.0. The van der Waals surface area contributed by atoms with Gasteiger partial charge in [-0.15, -0.1) is 10.2 Å². The van der Waals surface area contributed by atoms with Crippen LogP contribution in [-0.4, -0.2) is 36.5 Å². The summed E-state index contributed by atoms with van der Waals surface area (Å²) in [4.78, 5) is 11.5. The summed E-state index contributed by atoms with van der Waals surface area (Å²) in [6.45, 7) is 0.707. The molecule has 1 heterocycles. The Kier molecular flexibility index (Phi) is 5.26. The summed E-state index contributed by atoms with van der Waals surface area (Å²) in [5, 5.41) is 7.48. The Bertz CT molecular complexity index is 816. The zero-order valence-corrected chi connectivity index (χ0v) is 13.5. The van der Waals surface area contributed by atoms with Crippen molar-refractivity contribution in [1.29, 1.82) is 0 Å². The fourth-order valence-corrected chi connectivity index (χ4v) is 2.14. The van der Waals surface area contributed by atoms with Gasteiger partial charge in [0, 0.05) is 5.56 Å². The van der Waals surface area contributed by atoms with Gasteiger partial charge in [-0.1, -0.05) is 6.07 Å². The van der Waals surface area contributed by atoms with Crippen LogP contribution in [0.5, 0.6) is 11.5 Å². The van der Waals surface area contributed by atoms with E-state index < -0.39 is 5.97 Å². The maximum Gasteiger partial charge on any atom is 0.337 e. The lowest BCUT2D eigenvalue weighted by Gasteiger charge is -2.09. The lowest BCUT2D eigenvalue weighted by Crippen LogP contribution is -2.09. The Hall–Kier alpha value is -3.35. The summed E-state index contributed by atoms with van der Waals surface area (Å²) in [6, 6.07) is 14.1. The molecule has 7 nitrogen and oxygen atoms in total. The number of aromatic nitrogens is 2. The van der Waals surface area contributed by atoms with E-state index in [2.05, 4.69) is 14.9 Å². The standard InChI is InChI=1S/C18H16N2O5/c1-22-18(21)14-3-2-4-16(11-14)24-10-9-23-15-7-5-13(6-8-15)17-20-19-12-25-17/h2-8,11-12H,9-10H2,1H3. The first-order valence-electron chi connectivity index (χ1n) is 7.57. The van der Waals surface area contributed by atoms with Gasteiger partial charge in [-0.3, -0.25) is 0 Å². The maximum absolute atomic E-state index is 11.5. The molecule has 25 heavy (non-hydrogen) atoms. The molecule has 7 heteroatoms. The molecule has 1 aromatic heterocycles. The Morgan fingerprint density at radius 3 is 2.48 bits per heavy atom. The first kappa shape index (κ1) is 16.5. The summed E-state index contributed by atoms with van der Waals surface area (Å²) in [5.41, 5.74) is 1.26. The average Bonchev–Trinajstić information content (AvgIpc) is 3.20. The highest BCUT2D eigenvalue weighted by molar-refractivity contribution is 5.89. The molecule has 0 bridgehead atoms. The number of carbonyl (C=O) groups is 1. The van der Waals surface area contributed by atoms with Crippen LogP contribution in [0.2, 0.25) is 0 Å². The second-order valence-corrected chi connectivity index (χ2v) is 4.98. The predicted octanol–water partition coefficient (Wildman–Crippen LogP) is 2.98. The van der Waals surface area contributed by atoms with Gasteiger partial charge in [0.25, 0.3) is 0 Å². The minimum absolute atomic E-state index is 0.343. The summed E-state index contributed by atoms with van der Waals surface area (Å²) in [7, 11) is 1.34. The highest BCUT2D eigenvalue weighted by atomic mass is 16.5. The highest BCUT2D eigenvalue weighted by Gasteiger charge is 2.06. The lowest BCUT2D eigenvalue weighted by molar-refractivity contribution is 0.0600. The number of carbonyl (C=O) groups excluding carboxylic acids is 1. The van der Waals surface area contributed by atoms with Crippen LogP contribution in [-0.2, 0) is 4.74 Å². The Morgan fingerprint density at radius 2 is 1.80 bits per heavy atom. The van der Waals surface area contributed by atoms with E-state index in [1.54, 1.807) is 24.3 Å². The molecule has 3 aromatic rings. The van der Waals surface area contributed by atoms with Crippen LogP contribution in [0.3, 0.4) is 0 Å². The molecule has 0 unspecified atom stereocenters. The average molecular weight is 340 g/mol. The zero-order valence-electron chi connectivity index (χ0n) is 13.5. The molecule has 2 aromatic carbocycles. The molecule has 0 N–H and O–H groups in total. The normalized spacial score (nSPS) is 10.3. The molecule has 0 atom stereocenters. The van der Waals surface area contributed by atoms with Gasteiger partial charge in [0.05, 0.1) is 12.7 Å². The minimum Gasteiger partial charge on any atom is -0.490 e. The van der Waals surface area contributed by atoms with Gasteiger partial charge in [0.2, 0.25) is 12.3 Å². The third-order valence-electron chi connectivity index (χ3n) is 3.34. The van der Waals surface area contributed by atoms with Gasteiger partial charge in [-0.25, -0.2) is 4.79 Å². The van der Waals surface area contributed by atoms with Gasteiger partial charge < -0.3 is 18.6 Å². The van der Waals surface area contributed by atoms with Crippen LogP contribution < -0.4 is 9.47 Å². The molecule has 128 valence electrons. The number of nitrogens with zero attached hydrogens (tertiary/aromatic N) is 2. The molecule has 0 aliphatic heterocycles. The van der Waals surface area contributed by atoms with Crippen LogP contribution >= 0.6 is 0 Å². The van der Waals surface area contributed by atoms with E-state index >= 15 is 0 Å². The Balaban J connectivity index is 1.48. The van der Waals surface area contributed by atoms with Crippen LogP contribution in [0.15, 0.2) is 59.3 Å². The van der Waals surface area contributed by atoms with Crippen molar-refractivity contribution >= 4 is 5.97 Å². The van der Waals surface area contributed by atoms with Crippen molar-refractivity contribution in [3.8, 4) is 23.0 Å². The third kappa shape index (κ3) is 4.35. The van der Waals surface area contributed by atoms with Crippen molar-refractivity contribution in [3.05, 3.63) is 60.5 Å². The van der Waals surface area contributed by atoms with Gasteiger partial charge in [0.15, 0.2) is 0 Å². The van der Waals surface area contributed by atoms with E-state index in [0.29, 0.717) is 36.2 Å². The smallest absolute Gasteiger partial charge is 0.337 e. The van der Waals surface area contributed by atoms with Crippen molar-refractivity contribution in [3.63, 3.8) is 0 Å². The number of ether oxygens (including phenoxy) is 3. The van der Waals surface area contributed by atoms with Crippen LogP contribution in [0, 0.1) is 0 Å². The van der Waals surface area contributed by atoms with Gasteiger partial charge in [-0.2, -0.15) is 0 Å². The first-order valence-corrected chi connectivity index (χ1v) is 7.57. The van der Waals surface area contributed by atoms with E-state index in [4.69, 9.17) is 13.9 Å². The molecule has 0 aliphatic rings. The zero-order chi connectivity index (χ0) is 17.5. The van der Waals surface area contributed by atoms with Crippen molar-refractivity contribution in [1.82, 2.24) is 10.2 Å². The second-order valence-electron chi connectivity index (χ2n) is 4.98. The largest absolute Gasteiger partial charge is 0.490 e. The van der Waals surface area contributed by atoms with E-state index in [1.807, 2.05) is 24.3 Å². The van der Waals surface area contributed by atoms with E-state index in [-0.39, 0.29) is 0 Å². The molecular weight excluding hydrogens is 324 g/mol. The summed E-state index contributed by atoms with van der Waals surface area (Å²) in [6.07, 6.45) is 1.28. The molecule has 0 saturated carbocycles. The molecular formula is C18H16N2O5. The van der Waals surface area contributed by atoms with Gasteiger partial charge >= 0.3 is 5.97 Å². The number of benzene rings is 2. The summed E-state index contributed by atoms with van der Waals surface area (Å²) >= 11 is 0. The van der Waals surface area contributed by atoms with Gasteiger partial charge in [0.1, 0.15) is 24.7 Å². The monoisotopic (exact) mass is 340 g/mol. The second kappa shape index (κ2) is 7.96. The number of methoxy groups -OCH3 is 1. The molecule has 0 spiro atoms. The number of esters is 1. The minimum atomic E-state index is -0.400. The first-order chi connectivity index (χ1) is 12.3. The molecule has 0 fully saturated rings. The predicted molar refractivity (Wildman–Crippen MR) is 88.5 cm³/mol. The molecule has 0 saturated heterocycles. The third-order valence-corrected chi connectivity index (χ3v) is 3.34. The molecule has 3 rings (SSSR count). The quantitative estimate of drug-likeness (QED) is 0.483. The number of hydrogen-bond donors (Lipinski definition) is 0. The maximum atomic E-state index is 11.5. The Morgan fingerprint density at radius 1 is 1.04 bits per heavy atom. The van der Waals surface area contributed by atoms with Crippen LogP contribution in [0.25, 0.3) is 11.5 Å². The Labute approximate surface area is 144 Å². The molecule has 0 aliphatic carbocycles. The lowest BCUT2D eigenvalue weighted by atomic mass is 10.2. The van der Waals surface area contributed by atoms with Gasteiger partial charge in [-0.05, 0) is 42.5 Å². The SMILES string of the molecule is COC(=O)c1cccc(OCCOc2ccc(-c3nnco3)cc2)c1. The van der Waals surface area contributed by atoms with Crippen molar-refractivity contribution in [2.24, 2.45) is 0 Å². The van der Waals surface area contributed by atoms with Crippen molar-refractivity contribution in [2.45, 2.75) is 0 Å². The molecule has 0 amide bonds.